The molecular formula is C22H26N2O5. The molecular weight excluding hydrogens is 372 g/mol. The number of rotatable bonds is 2. The number of carbonyl (C=O) groups is 1. The van der Waals surface area contributed by atoms with Crippen LogP contribution >= 0.6 is 0 Å². The van der Waals surface area contributed by atoms with Gasteiger partial charge in [0.2, 0.25) is 5.72 Å². The van der Waals surface area contributed by atoms with E-state index in [1.165, 1.54) is 12.7 Å². The maximum Gasteiger partial charge on any atom is 0.359 e. The van der Waals surface area contributed by atoms with Crippen LogP contribution < -0.4 is 4.74 Å². The van der Waals surface area contributed by atoms with E-state index in [0.29, 0.717) is 18.8 Å². The number of carbonyl (C=O) groups excluding carboxylic acids is 1. The van der Waals surface area contributed by atoms with E-state index < -0.39 is 11.7 Å². The molecule has 0 aliphatic carbocycles. The quantitative estimate of drug-likeness (QED) is 0.780. The molecule has 0 amide bonds. The van der Waals surface area contributed by atoms with Crippen molar-refractivity contribution in [2.45, 2.75) is 43.6 Å². The topological polar surface area (TPSA) is 73.2 Å². The number of ether oxygens (including phenoxy) is 3. The Morgan fingerprint density at radius 1 is 1.31 bits per heavy atom. The van der Waals surface area contributed by atoms with Crippen molar-refractivity contribution in [2.24, 2.45) is 5.41 Å². The largest absolute Gasteiger partial charge is 0.495 e. The van der Waals surface area contributed by atoms with E-state index in [0.717, 1.165) is 48.9 Å². The van der Waals surface area contributed by atoms with Gasteiger partial charge in [-0.2, -0.15) is 0 Å². The zero-order chi connectivity index (χ0) is 20.0. The number of hydrogen-bond acceptors (Lipinski definition) is 6. The normalized spacial score (nSPS) is 35.3. The summed E-state index contributed by atoms with van der Waals surface area (Å²) in [6, 6.07) is 6.07. The van der Waals surface area contributed by atoms with Crippen molar-refractivity contribution in [1.29, 1.82) is 0 Å². The summed E-state index contributed by atoms with van der Waals surface area (Å²) in [6.45, 7) is 2.64. The Bertz CT molecular complexity index is 1030. The first-order valence-electron chi connectivity index (χ1n) is 10.4. The minimum absolute atomic E-state index is 0.0551. The average molecular weight is 398 g/mol. The van der Waals surface area contributed by atoms with Crippen LogP contribution in [0.15, 0.2) is 18.2 Å². The van der Waals surface area contributed by atoms with Crippen LogP contribution in [0.25, 0.3) is 10.9 Å². The number of aliphatic hydroxyl groups is 1. The molecule has 7 nitrogen and oxygen atoms in total. The van der Waals surface area contributed by atoms with Crippen LogP contribution in [0.4, 0.5) is 0 Å². The van der Waals surface area contributed by atoms with Crippen molar-refractivity contribution in [2.75, 3.05) is 33.9 Å². The monoisotopic (exact) mass is 398 g/mol. The average Bonchev–Trinajstić information content (AvgIpc) is 3.31. The molecule has 2 aromatic rings. The summed E-state index contributed by atoms with van der Waals surface area (Å²) in [5.41, 5.74) is 0.983. The molecule has 0 saturated carbocycles. The lowest BCUT2D eigenvalue weighted by atomic mass is 9.61. The van der Waals surface area contributed by atoms with Gasteiger partial charge in [0.25, 0.3) is 0 Å². The van der Waals surface area contributed by atoms with E-state index in [9.17, 15) is 9.90 Å². The number of piperidine rings is 1. The van der Waals surface area contributed by atoms with Crippen LogP contribution in [0.3, 0.4) is 0 Å². The second-order valence-corrected chi connectivity index (χ2v) is 8.86. The highest BCUT2D eigenvalue weighted by Gasteiger charge is 2.65. The molecule has 1 spiro atoms. The van der Waals surface area contributed by atoms with Crippen molar-refractivity contribution < 1.29 is 24.1 Å². The Kier molecular flexibility index (Phi) is 3.51. The first kappa shape index (κ1) is 17.7. The fraction of sp³-hybridized carbons (Fsp3) is 0.591. The zero-order valence-electron chi connectivity index (χ0n) is 16.8. The highest BCUT2D eigenvalue weighted by Crippen LogP contribution is 2.63. The number of methoxy groups -OCH3 is 2. The van der Waals surface area contributed by atoms with Crippen LogP contribution in [-0.2, 0) is 26.4 Å². The Morgan fingerprint density at radius 3 is 2.97 bits per heavy atom. The Balaban J connectivity index is 1.75. The van der Waals surface area contributed by atoms with Gasteiger partial charge in [-0.1, -0.05) is 12.1 Å². The first-order chi connectivity index (χ1) is 14.0. The smallest absolute Gasteiger partial charge is 0.359 e. The second kappa shape index (κ2) is 5.74. The molecule has 7 heteroatoms. The molecule has 5 heterocycles. The van der Waals surface area contributed by atoms with Gasteiger partial charge < -0.3 is 23.9 Å². The maximum absolute atomic E-state index is 13.1. The van der Waals surface area contributed by atoms with Gasteiger partial charge in [0.05, 0.1) is 31.9 Å². The Morgan fingerprint density at radius 2 is 2.17 bits per heavy atom. The summed E-state index contributed by atoms with van der Waals surface area (Å²) < 4.78 is 18.8. The van der Waals surface area contributed by atoms with Gasteiger partial charge in [-0.15, -0.1) is 0 Å². The zero-order valence-corrected chi connectivity index (χ0v) is 16.8. The fourth-order valence-corrected chi connectivity index (χ4v) is 6.77. The first-order valence-corrected chi connectivity index (χ1v) is 10.4. The molecule has 0 radical (unpaired) electrons. The van der Waals surface area contributed by atoms with Crippen LogP contribution in [0.1, 0.15) is 36.6 Å². The van der Waals surface area contributed by atoms with Crippen LogP contribution in [0.5, 0.6) is 5.75 Å². The van der Waals surface area contributed by atoms with Gasteiger partial charge in [0, 0.05) is 42.6 Å². The summed E-state index contributed by atoms with van der Waals surface area (Å²) in [5, 5.41) is 13.0. The molecule has 1 aromatic heterocycles. The molecule has 4 aliphatic rings. The third-order valence-electron chi connectivity index (χ3n) is 7.80. The molecule has 4 atom stereocenters. The van der Waals surface area contributed by atoms with Gasteiger partial charge in [0.15, 0.2) is 0 Å². The Labute approximate surface area is 169 Å². The van der Waals surface area contributed by atoms with E-state index in [2.05, 4.69) is 11.0 Å². The van der Waals surface area contributed by atoms with Crippen LogP contribution in [0, 0.1) is 5.41 Å². The minimum atomic E-state index is -1.78. The van der Waals surface area contributed by atoms with Gasteiger partial charge in [0.1, 0.15) is 5.75 Å². The van der Waals surface area contributed by atoms with Gasteiger partial charge in [-0.05, 0) is 30.9 Å². The Hall–Kier alpha value is -2.09. The third kappa shape index (κ3) is 1.96. The third-order valence-corrected chi connectivity index (χ3v) is 7.80. The molecule has 29 heavy (non-hydrogen) atoms. The highest BCUT2D eigenvalue weighted by atomic mass is 16.5. The summed E-state index contributed by atoms with van der Waals surface area (Å²) in [6.07, 6.45) is 3.02. The number of benzene rings is 1. The standard InChI is InChI=1S/C22H26N2O5/c1-27-15-5-3-4-13-14-6-9-23-10-7-16-21(8-11-29-16)12-22(26,20(25)28-2)24(17(13)15)18(14)19(21)23/h3-5,16,19,26H,6-12H2,1-2H3/t16-,19+,21-,22-/m0/s1. The summed E-state index contributed by atoms with van der Waals surface area (Å²) in [5.74, 6) is 0.0426. The SMILES string of the molecule is COC(=O)[C@@]1(O)C[C@@]23CCO[C@H]2CCN2CCc4c(n1c1c(OC)cccc41)[C@@H]23. The van der Waals surface area contributed by atoms with E-state index in [1.807, 2.05) is 16.7 Å². The maximum atomic E-state index is 13.1. The fourth-order valence-electron chi connectivity index (χ4n) is 6.77. The number of aromatic nitrogens is 1. The van der Waals surface area contributed by atoms with Gasteiger partial charge in [-0.25, -0.2) is 4.79 Å². The second-order valence-electron chi connectivity index (χ2n) is 8.86. The number of para-hydroxylation sites is 1. The van der Waals surface area contributed by atoms with E-state index in [1.54, 1.807) is 7.11 Å². The van der Waals surface area contributed by atoms with Crippen LogP contribution in [-0.4, -0.2) is 60.6 Å². The van der Waals surface area contributed by atoms with Crippen LogP contribution in [0.2, 0.25) is 0 Å². The summed E-state index contributed by atoms with van der Waals surface area (Å²) >= 11 is 0. The van der Waals surface area contributed by atoms with E-state index in [4.69, 9.17) is 14.2 Å². The molecule has 1 N–H and O–H groups in total. The summed E-state index contributed by atoms with van der Waals surface area (Å²) in [7, 11) is 2.97. The predicted octanol–water partition coefficient (Wildman–Crippen LogP) is 1.95. The van der Waals surface area contributed by atoms with E-state index in [-0.39, 0.29) is 17.6 Å². The minimum Gasteiger partial charge on any atom is -0.495 e. The number of esters is 1. The molecule has 0 unspecified atom stereocenters. The molecule has 2 saturated heterocycles. The molecule has 154 valence electrons. The van der Waals surface area contributed by atoms with Crippen molar-refractivity contribution in [3.63, 3.8) is 0 Å². The molecule has 4 aliphatic heterocycles. The lowest BCUT2D eigenvalue weighted by Crippen LogP contribution is -2.63. The molecule has 1 aromatic carbocycles. The number of hydrogen-bond donors (Lipinski definition) is 1. The van der Waals surface area contributed by atoms with E-state index >= 15 is 0 Å². The predicted molar refractivity (Wildman–Crippen MR) is 105 cm³/mol. The molecule has 2 fully saturated rings. The lowest BCUT2D eigenvalue weighted by molar-refractivity contribution is -0.199. The number of nitrogens with zero attached hydrogens (tertiary/aromatic N) is 2. The van der Waals surface area contributed by atoms with Crippen molar-refractivity contribution in [1.82, 2.24) is 9.47 Å². The molecule has 0 bridgehead atoms. The van der Waals surface area contributed by atoms with Crippen molar-refractivity contribution in [3.05, 3.63) is 29.5 Å². The highest BCUT2D eigenvalue weighted by molar-refractivity contribution is 5.94. The number of fused-ring (bicyclic) bond motifs is 3. The lowest BCUT2D eigenvalue weighted by Gasteiger charge is -2.58. The van der Waals surface area contributed by atoms with Gasteiger partial charge in [-0.3, -0.25) is 4.90 Å². The van der Waals surface area contributed by atoms with Crippen molar-refractivity contribution in [3.8, 4) is 5.75 Å². The van der Waals surface area contributed by atoms with Crippen molar-refractivity contribution >= 4 is 16.9 Å². The summed E-state index contributed by atoms with van der Waals surface area (Å²) in [4.78, 5) is 15.6. The molecule has 6 rings (SSSR count). The van der Waals surface area contributed by atoms with Gasteiger partial charge >= 0.3 is 5.97 Å².